The van der Waals surface area contributed by atoms with Gasteiger partial charge in [0.1, 0.15) is 0 Å². The van der Waals surface area contributed by atoms with E-state index in [0.29, 0.717) is 5.92 Å². The van der Waals surface area contributed by atoms with Gasteiger partial charge in [-0.2, -0.15) is 8.78 Å². The number of carbonyl (C=O) groups is 1. The molecule has 3 unspecified atom stereocenters. The fraction of sp³-hybridized carbons (Fsp3) is 0.909. The van der Waals surface area contributed by atoms with E-state index in [4.69, 9.17) is 0 Å². The normalized spacial score (nSPS) is 29.1. The summed E-state index contributed by atoms with van der Waals surface area (Å²) < 4.78 is 61.0. The molecule has 2 bridgehead atoms. The van der Waals surface area contributed by atoms with Crippen LogP contribution >= 0.6 is 0 Å². The van der Waals surface area contributed by atoms with Gasteiger partial charge in [0.05, 0.1) is 18.9 Å². The quantitative estimate of drug-likeness (QED) is 0.350. The Balaban J connectivity index is 0.00000200. The second-order valence-electron chi connectivity index (χ2n) is 5.29. The van der Waals surface area contributed by atoms with Crippen molar-refractivity contribution in [3.05, 3.63) is 0 Å². The van der Waals surface area contributed by atoms with Gasteiger partial charge in [-0.05, 0) is 31.1 Å². The number of halogens is 2. The maximum absolute atomic E-state index is 12.8. The van der Waals surface area contributed by atoms with Crippen molar-refractivity contribution in [1.29, 1.82) is 0 Å². The molecule has 0 spiro atoms. The fourth-order valence-electron chi connectivity index (χ4n) is 3.04. The molecule has 9 heteroatoms. The molecule has 0 radical (unpaired) electrons. The Morgan fingerprint density at radius 3 is 2.40 bits per heavy atom. The van der Waals surface area contributed by atoms with E-state index in [9.17, 15) is 26.5 Å². The molecular formula is C11H15F2NaO5S. The van der Waals surface area contributed by atoms with Crippen LogP contribution in [0.4, 0.5) is 8.78 Å². The van der Waals surface area contributed by atoms with Crippen molar-refractivity contribution in [3.8, 4) is 0 Å². The van der Waals surface area contributed by atoms with E-state index in [1.807, 2.05) is 0 Å². The number of alkyl halides is 2. The summed E-state index contributed by atoms with van der Waals surface area (Å²) in [4.78, 5) is 11.7. The average molecular weight is 320 g/mol. The molecule has 0 aromatic carbocycles. The first kappa shape index (κ1) is 18.3. The average Bonchev–Trinajstić information content (AvgIpc) is 2.88. The van der Waals surface area contributed by atoms with Crippen molar-refractivity contribution in [2.24, 2.45) is 17.8 Å². The van der Waals surface area contributed by atoms with Crippen molar-refractivity contribution in [3.63, 3.8) is 0 Å². The Labute approximate surface area is 138 Å². The van der Waals surface area contributed by atoms with Gasteiger partial charge in [0.15, 0.2) is 10.1 Å². The number of hydrogen-bond donors (Lipinski definition) is 0. The molecule has 0 aromatic heterocycles. The second-order valence-corrected chi connectivity index (χ2v) is 6.80. The molecule has 0 heterocycles. The van der Waals surface area contributed by atoms with Crippen molar-refractivity contribution in [2.75, 3.05) is 6.61 Å². The third kappa shape index (κ3) is 3.91. The van der Waals surface area contributed by atoms with E-state index < -0.39 is 34.4 Å². The van der Waals surface area contributed by atoms with Gasteiger partial charge in [-0.3, -0.25) is 4.79 Å². The molecule has 0 aliphatic heterocycles. The molecule has 20 heavy (non-hydrogen) atoms. The summed E-state index contributed by atoms with van der Waals surface area (Å²) in [6.07, 6.45) is 2.46. The van der Waals surface area contributed by atoms with E-state index in [2.05, 4.69) is 4.74 Å². The van der Waals surface area contributed by atoms with Crippen LogP contribution < -0.4 is 29.6 Å². The molecule has 2 aliphatic carbocycles. The second kappa shape index (κ2) is 6.56. The van der Waals surface area contributed by atoms with Gasteiger partial charge in [0, 0.05) is 0 Å². The molecule has 2 fully saturated rings. The van der Waals surface area contributed by atoms with Crippen LogP contribution in [0.25, 0.3) is 0 Å². The smallest absolute Gasteiger partial charge is 0.743 e. The molecule has 0 saturated heterocycles. The van der Waals surface area contributed by atoms with Crippen LogP contribution in [0.15, 0.2) is 0 Å². The van der Waals surface area contributed by atoms with Crippen LogP contribution in [-0.4, -0.2) is 30.8 Å². The molecule has 0 aromatic rings. The Morgan fingerprint density at radius 2 is 1.95 bits per heavy atom. The summed E-state index contributed by atoms with van der Waals surface area (Å²) in [6, 6.07) is 0. The third-order valence-electron chi connectivity index (χ3n) is 4.04. The maximum atomic E-state index is 12.8. The summed E-state index contributed by atoms with van der Waals surface area (Å²) in [5.41, 5.74) is 0. The first-order valence-corrected chi connectivity index (χ1v) is 7.61. The number of hydrogen-bond acceptors (Lipinski definition) is 5. The predicted octanol–water partition coefficient (Wildman–Crippen LogP) is -1.50. The van der Waals surface area contributed by atoms with Gasteiger partial charge in [0.2, 0.25) is 0 Å². The molecule has 3 atom stereocenters. The summed E-state index contributed by atoms with van der Waals surface area (Å²) >= 11 is 0. The van der Waals surface area contributed by atoms with Crippen molar-refractivity contribution in [1.82, 2.24) is 0 Å². The molecule has 0 amide bonds. The molecule has 2 aliphatic rings. The van der Waals surface area contributed by atoms with E-state index in [1.165, 1.54) is 0 Å². The molecule has 5 nitrogen and oxygen atoms in total. The topological polar surface area (TPSA) is 83.5 Å². The molecular weight excluding hydrogens is 305 g/mol. The number of esters is 1. The number of carbonyl (C=O) groups excluding carboxylic acids is 1. The molecule has 0 N–H and O–H groups in total. The summed E-state index contributed by atoms with van der Waals surface area (Å²) in [6.45, 7) is -0.749. The Hall–Kier alpha value is 0.240. The van der Waals surface area contributed by atoms with E-state index >= 15 is 0 Å². The Kier molecular flexibility index (Phi) is 6.00. The van der Waals surface area contributed by atoms with Crippen molar-refractivity contribution >= 4 is 16.1 Å². The molecule has 110 valence electrons. The van der Waals surface area contributed by atoms with Gasteiger partial charge >= 0.3 is 40.8 Å². The summed E-state index contributed by atoms with van der Waals surface area (Å²) in [7, 11) is -5.70. The van der Waals surface area contributed by atoms with E-state index in [1.54, 1.807) is 0 Å². The van der Waals surface area contributed by atoms with Crippen LogP contribution in [0.2, 0.25) is 0 Å². The SMILES string of the molecule is O=C(OCCC(F)(F)S(=O)(=O)[O-])C1CC2CCC1C2.[Na+]. The van der Waals surface area contributed by atoms with Gasteiger partial charge in [-0.1, -0.05) is 6.42 Å². The molecule has 2 rings (SSSR count). The zero-order valence-electron chi connectivity index (χ0n) is 11.2. The zero-order chi connectivity index (χ0) is 14.3. The molecule has 2 saturated carbocycles. The van der Waals surface area contributed by atoms with Gasteiger partial charge in [-0.25, -0.2) is 8.42 Å². The van der Waals surface area contributed by atoms with Crippen LogP contribution in [0.3, 0.4) is 0 Å². The summed E-state index contributed by atoms with van der Waals surface area (Å²) in [5, 5.41) is -4.39. The van der Waals surface area contributed by atoms with Crippen LogP contribution in [0, 0.1) is 17.8 Å². The zero-order valence-corrected chi connectivity index (χ0v) is 14.0. The van der Waals surface area contributed by atoms with Crippen molar-refractivity contribution in [2.45, 2.75) is 37.4 Å². The van der Waals surface area contributed by atoms with Gasteiger partial charge < -0.3 is 9.29 Å². The third-order valence-corrected chi connectivity index (χ3v) is 4.98. The van der Waals surface area contributed by atoms with Crippen LogP contribution in [0.5, 0.6) is 0 Å². The van der Waals surface area contributed by atoms with E-state index in [-0.39, 0.29) is 41.4 Å². The monoisotopic (exact) mass is 320 g/mol. The fourth-order valence-corrected chi connectivity index (χ4v) is 3.37. The summed E-state index contributed by atoms with van der Waals surface area (Å²) in [5.74, 6) is -0.0187. The minimum Gasteiger partial charge on any atom is -0.743 e. The Morgan fingerprint density at radius 1 is 1.30 bits per heavy atom. The number of fused-ring (bicyclic) bond motifs is 2. The Bertz CT molecular complexity index is 467. The van der Waals surface area contributed by atoms with Crippen LogP contribution in [0.1, 0.15) is 32.1 Å². The van der Waals surface area contributed by atoms with Gasteiger partial charge in [-0.15, -0.1) is 0 Å². The van der Waals surface area contributed by atoms with Crippen LogP contribution in [-0.2, 0) is 19.6 Å². The minimum absolute atomic E-state index is 0. The first-order valence-electron chi connectivity index (χ1n) is 6.20. The maximum Gasteiger partial charge on any atom is 1.00 e. The number of ether oxygens (including phenoxy) is 1. The van der Waals surface area contributed by atoms with Crippen molar-refractivity contribution < 1.29 is 60.8 Å². The largest absolute Gasteiger partial charge is 1.00 e. The standard InChI is InChI=1S/C11H16F2O5S.Na/c12-11(13,19(15,16)17)3-4-18-10(14)9-6-7-1-2-8(9)5-7;/h7-9H,1-6H2,(H,15,16,17);/q;+1/p-1. The first-order chi connectivity index (χ1) is 8.71. The van der Waals surface area contributed by atoms with E-state index in [0.717, 1.165) is 25.7 Å². The minimum atomic E-state index is -5.70. The number of rotatable bonds is 5. The van der Waals surface area contributed by atoms with Gasteiger partial charge in [0.25, 0.3) is 0 Å². The predicted molar refractivity (Wildman–Crippen MR) is 59.2 cm³/mol.